The zero-order valence-corrected chi connectivity index (χ0v) is 8.45. The third kappa shape index (κ3) is 7.54. The fraction of sp³-hybridized carbons (Fsp3) is 0.778. The standard InChI is InChI=1S/C9H18N2O3/c1-7(6-12)11-9(14)5-3-2-4-8(10)13/h7,12H,2-6H2,1H3,(H2,10,13)(H,11,14). The highest BCUT2D eigenvalue weighted by Gasteiger charge is 2.05. The first kappa shape index (κ1) is 12.9. The monoisotopic (exact) mass is 202 g/mol. The molecule has 1 atom stereocenters. The highest BCUT2D eigenvalue weighted by Crippen LogP contribution is 1.99. The minimum absolute atomic E-state index is 0.0625. The maximum Gasteiger partial charge on any atom is 0.220 e. The Kier molecular flexibility index (Phi) is 6.74. The number of amides is 2. The minimum Gasteiger partial charge on any atom is -0.394 e. The Morgan fingerprint density at radius 3 is 2.43 bits per heavy atom. The summed E-state index contributed by atoms with van der Waals surface area (Å²) in [6.45, 7) is 1.66. The van der Waals surface area contributed by atoms with Crippen molar-refractivity contribution < 1.29 is 14.7 Å². The number of unbranched alkanes of at least 4 members (excludes halogenated alkanes) is 1. The van der Waals surface area contributed by atoms with E-state index < -0.39 is 0 Å². The molecule has 0 aliphatic heterocycles. The summed E-state index contributed by atoms with van der Waals surface area (Å²) in [5.41, 5.74) is 4.94. The molecule has 0 heterocycles. The summed E-state index contributed by atoms with van der Waals surface area (Å²) in [5.74, 6) is -0.440. The fourth-order valence-corrected chi connectivity index (χ4v) is 0.977. The number of carbonyl (C=O) groups is 2. The van der Waals surface area contributed by atoms with E-state index in [1.54, 1.807) is 6.92 Å². The van der Waals surface area contributed by atoms with Crippen molar-refractivity contribution in [1.82, 2.24) is 5.32 Å². The molecule has 5 nitrogen and oxygen atoms in total. The lowest BCUT2D eigenvalue weighted by molar-refractivity contribution is -0.122. The summed E-state index contributed by atoms with van der Waals surface area (Å²) in [6.07, 6.45) is 1.98. The van der Waals surface area contributed by atoms with Gasteiger partial charge < -0.3 is 16.2 Å². The molecule has 0 aromatic heterocycles. The quantitative estimate of drug-likeness (QED) is 0.487. The van der Waals surface area contributed by atoms with Crippen molar-refractivity contribution in [3.8, 4) is 0 Å². The SMILES string of the molecule is CC(CO)NC(=O)CCCCC(N)=O. The summed E-state index contributed by atoms with van der Waals surface area (Å²) in [5, 5.41) is 11.3. The first-order valence-electron chi connectivity index (χ1n) is 4.74. The summed E-state index contributed by atoms with van der Waals surface area (Å²) in [4.78, 5) is 21.5. The molecule has 0 aliphatic carbocycles. The second-order valence-electron chi connectivity index (χ2n) is 3.32. The number of primary amides is 1. The molecule has 1 unspecified atom stereocenters. The molecule has 0 saturated heterocycles. The second kappa shape index (κ2) is 7.32. The van der Waals surface area contributed by atoms with Gasteiger partial charge in [0.15, 0.2) is 0 Å². The third-order valence-corrected chi connectivity index (χ3v) is 1.76. The van der Waals surface area contributed by atoms with Gasteiger partial charge in [0.2, 0.25) is 11.8 Å². The normalized spacial score (nSPS) is 12.1. The number of carbonyl (C=O) groups excluding carboxylic acids is 2. The summed E-state index contributed by atoms with van der Waals surface area (Å²) < 4.78 is 0. The Morgan fingerprint density at radius 1 is 1.36 bits per heavy atom. The summed E-state index contributed by atoms with van der Waals surface area (Å²) >= 11 is 0. The van der Waals surface area contributed by atoms with Crippen molar-refractivity contribution in [2.75, 3.05) is 6.61 Å². The van der Waals surface area contributed by atoms with Crippen LogP contribution in [0.3, 0.4) is 0 Å². The van der Waals surface area contributed by atoms with Crippen molar-refractivity contribution in [3.63, 3.8) is 0 Å². The van der Waals surface area contributed by atoms with Crippen LogP contribution in [-0.2, 0) is 9.59 Å². The maximum absolute atomic E-state index is 11.1. The van der Waals surface area contributed by atoms with Gasteiger partial charge in [-0.15, -0.1) is 0 Å². The van der Waals surface area contributed by atoms with E-state index in [1.807, 2.05) is 0 Å². The lowest BCUT2D eigenvalue weighted by Gasteiger charge is -2.09. The Bertz CT molecular complexity index is 194. The van der Waals surface area contributed by atoms with Gasteiger partial charge in [0.05, 0.1) is 6.61 Å². The van der Waals surface area contributed by atoms with Gasteiger partial charge in [-0.3, -0.25) is 9.59 Å². The molecule has 0 spiro atoms. The number of nitrogens with one attached hydrogen (secondary N) is 1. The fourth-order valence-electron chi connectivity index (χ4n) is 0.977. The number of nitrogens with two attached hydrogens (primary N) is 1. The molecule has 0 aromatic rings. The Hall–Kier alpha value is -1.10. The van der Waals surface area contributed by atoms with E-state index in [0.29, 0.717) is 25.7 Å². The van der Waals surface area contributed by atoms with E-state index in [-0.39, 0.29) is 24.5 Å². The van der Waals surface area contributed by atoms with Crippen LogP contribution in [-0.4, -0.2) is 29.6 Å². The Labute approximate surface area is 83.7 Å². The average Bonchev–Trinajstić information content (AvgIpc) is 2.12. The largest absolute Gasteiger partial charge is 0.394 e. The molecule has 82 valence electrons. The molecule has 5 heteroatoms. The van der Waals surface area contributed by atoms with E-state index in [0.717, 1.165) is 0 Å². The topological polar surface area (TPSA) is 92.4 Å². The molecule has 0 saturated carbocycles. The van der Waals surface area contributed by atoms with Crippen molar-refractivity contribution in [2.45, 2.75) is 38.6 Å². The van der Waals surface area contributed by atoms with E-state index >= 15 is 0 Å². The van der Waals surface area contributed by atoms with Gasteiger partial charge in [0.1, 0.15) is 0 Å². The highest BCUT2D eigenvalue weighted by molar-refractivity contribution is 5.76. The van der Waals surface area contributed by atoms with Crippen LogP contribution in [0.15, 0.2) is 0 Å². The first-order chi connectivity index (χ1) is 6.56. The van der Waals surface area contributed by atoms with E-state index in [2.05, 4.69) is 5.32 Å². The van der Waals surface area contributed by atoms with Crippen molar-refractivity contribution in [1.29, 1.82) is 0 Å². The van der Waals surface area contributed by atoms with E-state index in [4.69, 9.17) is 10.8 Å². The first-order valence-corrected chi connectivity index (χ1v) is 4.74. The van der Waals surface area contributed by atoms with Crippen molar-refractivity contribution in [3.05, 3.63) is 0 Å². The van der Waals surface area contributed by atoms with Gasteiger partial charge in [0, 0.05) is 18.9 Å². The number of rotatable bonds is 7. The van der Waals surface area contributed by atoms with Crippen LogP contribution in [0, 0.1) is 0 Å². The second-order valence-corrected chi connectivity index (χ2v) is 3.32. The van der Waals surface area contributed by atoms with Gasteiger partial charge in [0.25, 0.3) is 0 Å². The minimum atomic E-state index is -0.339. The van der Waals surface area contributed by atoms with E-state index in [1.165, 1.54) is 0 Å². The number of aliphatic hydroxyl groups is 1. The molecule has 0 rings (SSSR count). The van der Waals surface area contributed by atoms with Crippen LogP contribution < -0.4 is 11.1 Å². The predicted octanol–water partition coefficient (Wildman–Crippen LogP) is -0.471. The zero-order valence-electron chi connectivity index (χ0n) is 8.45. The van der Waals surface area contributed by atoms with E-state index in [9.17, 15) is 9.59 Å². The number of aliphatic hydroxyl groups excluding tert-OH is 1. The molecular weight excluding hydrogens is 184 g/mol. The zero-order chi connectivity index (χ0) is 11.0. The molecule has 14 heavy (non-hydrogen) atoms. The van der Waals surface area contributed by atoms with Gasteiger partial charge >= 0.3 is 0 Å². The smallest absolute Gasteiger partial charge is 0.220 e. The molecule has 0 aromatic carbocycles. The summed E-state index contributed by atoms with van der Waals surface area (Å²) in [6, 6.07) is -0.210. The van der Waals surface area contributed by atoms with Gasteiger partial charge in [-0.2, -0.15) is 0 Å². The molecule has 0 fully saturated rings. The molecular formula is C9H18N2O3. The number of hydrogen-bond acceptors (Lipinski definition) is 3. The Morgan fingerprint density at radius 2 is 1.93 bits per heavy atom. The van der Waals surface area contributed by atoms with Crippen molar-refractivity contribution in [2.24, 2.45) is 5.73 Å². The van der Waals surface area contributed by atoms with Gasteiger partial charge in [-0.05, 0) is 19.8 Å². The highest BCUT2D eigenvalue weighted by atomic mass is 16.3. The third-order valence-electron chi connectivity index (χ3n) is 1.76. The van der Waals surface area contributed by atoms with Crippen LogP contribution >= 0.6 is 0 Å². The maximum atomic E-state index is 11.1. The van der Waals surface area contributed by atoms with Crippen molar-refractivity contribution >= 4 is 11.8 Å². The molecule has 0 bridgehead atoms. The predicted molar refractivity (Wildman–Crippen MR) is 52.4 cm³/mol. The average molecular weight is 202 g/mol. The summed E-state index contributed by atoms with van der Waals surface area (Å²) in [7, 11) is 0. The van der Waals surface area contributed by atoms with Crippen LogP contribution in [0.25, 0.3) is 0 Å². The lowest BCUT2D eigenvalue weighted by atomic mass is 10.2. The molecule has 2 amide bonds. The van der Waals surface area contributed by atoms with Crippen LogP contribution in [0.2, 0.25) is 0 Å². The molecule has 0 aliphatic rings. The number of hydrogen-bond donors (Lipinski definition) is 3. The van der Waals surface area contributed by atoms with Crippen LogP contribution in [0.1, 0.15) is 32.6 Å². The van der Waals surface area contributed by atoms with Gasteiger partial charge in [-0.1, -0.05) is 0 Å². The molecule has 4 N–H and O–H groups in total. The lowest BCUT2D eigenvalue weighted by Crippen LogP contribution is -2.34. The van der Waals surface area contributed by atoms with Crippen LogP contribution in [0.5, 0.6) is 0 Å². The Balaban J connectivity index is 3.40. The van der Waals surface area contributed by atoms with Crippen LogP contribution in [0.4, 0.5) is 0 Å². The van der Waals surface area contributed by atoms with Gasteiger partial charge in [-0.25, -0.2) is 0 Å². The molecule has 0 radical (unpaired) electrons.